The molecule has 1 aromatic rings. The van der Waals surface area contributed by atoms with Gasteiger partial charge in [-0.1, -0.05) is 24.3 Å². The number of hydrogen-bond acceptors (Lipinski definition) is 4. The van der Waals surface area contributed by atoms with E-state index in [2.05, 4.69) is 12.1 Å². The Morgan fingerprint density at radius 3 is 2.62 bits per heavy atom. The summed E-state index contributed by atoms with van der Waals surface area (Å²) in [4.78, 5) is 13.8. The van der Waals surface area contributed by atoms with Gasteiger partial charge in [0.05, 0.1) is 13.1 Å². The lowest BCUT2D eigenvalue weighted by molar-refractivity contribution is -0.146. The van der Waals surface area contributed by atoms with Crippen LogP contribution in [0.1, 0.15) is 44.7 Å². The van der Waals surface area contributed by atoms with Crippen molar-refractivity contribution in [3.63, 3.8) is 0 Å². The first-order valence-corrected chi connectivity index (χ1v) is 8.70. The Morgan fingerprint density at radius 1 is 1.33 bits per heavy atom. The van der Waals surface area contributed by atoms with E-state index < -0.39 is 16.6 Å². The number of nitrogens with zero attached hydrogens (tertiary/aromatic N) is 1. The average molecular weight is 332 g/mol. The number of ether oxygens (including phenoxy) is 1. The molecule has 5 heteroatoms. The highest BCUT2D eigenvalue weighted by Gasteiger charge is 2.59. The molecule has 24 heavy (non-hydrogen) atoms. The molecule has 3 N–H and O–H groups in total. The van der Waals surface area contributed by atoms with Gasteiger partial charge in [-0.3, -0.25) is 0 Å². The van der Waals surface area contributed by atoms with Crippen molar-refractivity contribution in [1.29, 1.82) is 0 Å². The normalized spacial score (nSPS) is 25.6. The van der Waals surface area contributed by atoms with E-state index in [1.165, 1.54) is 5.56 Å². The molecule has 0 radical (unpaired) electrons. The van der Waals surface area contributed by atoms with Crippen LogP contribution in [-0.2, 0) is 16.6 Å². The summed E-state index contributed by atoms with van der Waals surface area (Å²) in [7, 11) is 0. The van der Waals surface area contributed by atoms with Crippen LogP contribution >= 0.6 is 0 Å². The van der Waals surface area contributed by atoms with Gasteiger partial charge >= 0.3 is 6.09 Å². The molecule has 5 nitrogen and oxygen atoms in total. The number of aryl methyl sites for hydroxylation is 1. The number of fused-ring (bicyclic) bond motifs is 1. The monoisotopic (exact) mass is 332 g/mol. The molecule has 1 amide bonds. The van der Waals surface area contributed by atoms with Crippen molar-refractivity contribution in [3.8, 4) is 0 Å². The van der Waals surface area contributed by atoms with E-state index in [-0.39, 0.29) is 19.2 Å². The number of hydrogen-bond donors (Lipinski definition) is 2. The van der Waals surface area contributed by atoms with Gasteiger partial charge < -0.3 is 20.5 Å². The second kappa shape index (κ2) is 5.74. The second-order valence-electron chi connectivity index (χ2n) is 8.16. The summed E-state index contributed by atoms with van der Waals surface area (Å²) in [5.74, 6) is 0. The van der Waals surface area contributed by atoms with Crippen molar-refractivity contribution in [1.82, 2.24) is 4.90 Å². The van der Waals surface area contributed by atoms with E-state index in [0.717, 1.165) is 24.8 Å². The van der Waals surface area contributed by atoms with Gasteiger partial charge in [0.2, 0.25) is 0 Å². The molecule has 132 valence electrons. The van der Waals surface area contributed by atoms with E-state index in [4.69, 9.17) is 10.5 Å². The van der Waals surface area contributed by atoms with E-state index in [1.807, 2.05) is 32.9 Å². The third kappa shape index (κ3) is 2.70. The summed E-state index contributed by atoms with van der Waals surface area (Å²) in [6.45, 7) is 6.45. The Labute approximate surface area is 143 Å². The first-order chi connectivity index (χ1) is 11.2. The third-order valence-corrected chi connectivity index (χ3v) is 5.38. The van der Waals surface area contributed by atoms with E-state index in [0.29, 0.717) is 6.54 Å². The maximum Gasteiger partial charge on any atom is 0.410 e. The van der Waals surface area contributed by atoms with E-state index in [1.54, 1.807) is 4.90 Å². The summed E-state index contributed by atoms with van der Waals surface area (Å²) in [5.41, 5.74) is 6.57. The van der Waals surface area contributed by atoms with E-state index in [9.17, 15) is 9.90 Å². The van der Waals surface area contributed by atoms with Gasteiger partial charge in [0.25, 0.3) is 0 Å². The molecule has 1 fully saturated rings. The minimum atomic E-state index is -0.991. The van der Waals surface area contributed by atoms with Gasteiger partial charge in [0, 0.05) is 12.0 Å². The summed E-state index contributed by atoms with van der Waals surface area (Å²) in [6, 6.07) is 8.23. The molecule has 0 spiro atoms. The van der Waals surface area contributed by atoms with Crippen molar-refractivity contribution in [2.75, 3.05) is 19.6 Å². The molecule has 0 saturated carbocycles. The van der Waals surface area contributed by atoms with Gasteiger partial charge in [-0.15, -0.1) is 0 Å². The van der Waals surface area contributed by atoms with Crippen LogP contribution in [0.2, 0.25) is 0 Å². The van der Waals surface area contributed by atoms with Gasteiger partial charge in [0.15, 0.2) is 0 Å². The first kappa shape index (κ1) is 17.2. The molecule has 3 rings (SSSR count). The Balaban J connectivity index is 1.83. The molecule has 1 saturated heterocycles. The van der Waals surface area contributed by atoms with Crippen molar-refractivity contribution in [3.05, 3.63) is 35.4 Å². The molecule has 0 aromatic heterocycles. The number of carbonyl (C=O) groups excluding carboxylic acids is 1. The van der Waals surface area contributed by atoms with Crippen LogP contribution in [0.4, 0.5) is 4.79 Å². The van der Waals surface area contributed by atoms with Crippen molar-refractivity contribution >= 4 is 6.09 Å². The Morgan fingerprint density at radius 2 is 2.00 bits per heavy atom. The first-order valence-electron chi connectivity index (χ1n) is 8.70. The number of rotatable bonds is 2. The van der Waals surface area contributed by atoms with Gasteiger partial charge in [0.1, 0.15) is 11.2 Å². The van der Waals surface area contributed by atoms with Crippen LogP contribution in [-0.4, -0.2) is 46.9 Å². The Bertz CT molecular complexity index is 632. The molecular weight excluding hydrogens is 304 g/mol. The predicted molar refractivity (Wildman–Crippen MR) is 92.9 cm³/mol. The Hall–Kier alpha value is -1.59. The van der Waals surface area contributed by atoms with Crippen LogP contribution in [0, 0.1) is 0 Å². The van der Waals surface area contributed by atoms with Gasteiger partial charge in [-0.2, -0.15) is 0 Å². The second-order valence-corrected chi connectivity index (χ2v) is 8.16. The fourth-order valence-electron chi connectivity index (χ4n) is 4.15. The highest BCUT2D eigenvalue weighted by atomic mass is 16.6. The zero-order valence-electron chi connectivity index (χ0n) is 14.8. The quantitative estimate of drug-likeness (QED) is 0.870. The summed E-state index contributed by atoms with van der Waals surface area (Å²) in [5, 5.41) is 11.3. The lowest BCUT2D eigenvalue weighted by atomic mass is 9.58. The Kier molecular flexibility index (Phi) is 4.12. The van der Waals surface area contributed by atoms with E-state index >= 15 is 0 Å². The number of carbonyl (C=O) groups is 1. The molecule has 1 unspecified atom stereocenters. The minimum Gasteiger partial charge on any atom is -0.444 e. The fraction of sp³-hybridized carbons (Fsp3) is 0.632. The largest absolute Gasteiger partial charge is 0.444 e. The zero-order valence-corrected chi connectivity index (χ0v) is 14.8. The van der Waals surface area contributed by atoms with Crippen LogP contribution in [0.5, 0.6) is 0 Å². The number of nitrogens with two attached hydrogens (primary N) is 1. The standard InChI is InChI=1S/C19H28N2O3/c1-17(2,3)24-16(22)21-12-19(23,13-21)18(11-20)10-6-8-14-7-4-5-9-15(14)18/h4-5,7,9,23H,6,8,10-13,20H2,1-3H3. The van der Waals surface area contributed by atoms with Crippen LogP contribution in [0.3, 0.4) is 0 Å². The topological polar surface area (TPSA) is 75.8 Å². The fourth-order valence-corrected chi connectivity index (χ4v) is 4.15. The zero-order chi connectivity index (χ0) is 17.6. The number of amides is 1. The highest BCUT2D eigenvalue weighted by Crippen LogP contribution is 2.48. The van der Waals surface area contributed by atoms with Crippen molar-refractivity contribution in [2.24, 2.45) is 5.73 Å². The SMILES string of the molecule is CC(C)(C)OC(=O)N1CC(O)(C2(CN)CCCc3ccccc32)C1. The molecule has 1 atom stereocenters. The lowest BCUT2D eigenvalue weighted by Gasteiger charge is -2.58. The van der Waals surface area contributed by atoms with Crippen LogP contribution in [0.25, 0.3) is 0 Å². The number of aliphatic hydroxyl groups is 1. The molecule has 1 aromatic carbocycles. The van der Waals surface area contributed by atoms with Crippen molar-refractivity contribution in [2.45, 2.75) is 56.7 Å². The van der Waals surface area contributed by atoms with Crippen LogP contribution < -0.4 is 5.73 Å². The summed E-state index contributed by atoms with van der Waals surface area (Å²) >= 11 is 0. The van der Waals surface area contributed by atoms with Crippen LogP contribution in [0.15, 0.2) is 24.3 Å². The maximum absolute atomic E-state index is 12.2. The summed E-state index contributed by atoms with van der Waals surface area (Å²) < 4.78 is 5.40. The number of β-amino-alcohol motifs (C(OH)–C–C–N with tert-alkyl or cyclic N) is 1. The molecule has 1 aliphatic heterocycles. The van der Waals surface area contributed by atoms with Gasteiger partial charge in [-0.05, 0) is 51.2 Å². The number of benzene rings is 1. The maximum atomic E-state index is 12.2. The molecule has 1 aliphatic carbocycles. The average Bonchev–Trinajstić information content (AvgIpc) is 2.49. The molecular formula is C19H28N2O3. The highest BCUT2D eigenvalue weighted by molar-refractivity contribution is 5.70. The summed E-state index contributed by atoms with van der Waals surface area (Å²) in [6.07, 6.45) is 2.50. The minimum absolute atomic E-state index is 0.271. The molecule has 0 bridgehead atoms. The molecule has 2 aliphatic rings. The lowest BCUT2D eigenvalue weighted by Crippen LogP contribution is -2.74. The predicted octanol–water partition coefficient (Wildman–Crippen LogP) is 2.20. The van der Waals surface area contributed by atoms with Crippen molar-refractivity contribution < 1.29 is 14.6 Å². The number of likely N-dealkylation sites (tertiary alicyclic amines) is 1. The molecule has 1 heterocycles. The smallest absolute Gasteiger partial charge is 0.410 e. The van der Waals surface area contributed by atoms with Gasteiger partial charge in [-0.25, -0.2) is 4.79 Å². The third-order valence-electron chi connectivity index (χ3n) is 5.38.